The largest absolute Gasteiger partial charge is 0.493 e. The first-order valence-electron chi connectivity index (χ1n) is 16.1. The molecule has 0 aliphatic carbocycles. The molecule has 1 amide bonds. The number of ether oxygens (including phenoxy) is 5. The molecule has 3 aliphatic heterocycles. The summed E-state index contributed by atoms with van der Waals surface area (Å²) in [5.41, 5.74) is 0.399. The molecule has 9 nitrogen and oxygen atoms in total. The van der Waals surface area contributed by atoms with Crippen LogP contribution in [-0.2, 0) is 16.6 Å². The van der Waals surface area contributed by atoms with Gasteiger partial charge in [-0.05, 0) is 60.1 Å². The third-order valence-corrected chi connectivity index (χ3v) is 8.61. The van der Waals surface area contributed by atoms with Crippen LogP contribution in [0.5, 0.6) is 28.7 Å². The van der Waals surface area contributed by atoms with Gasteiger partial charge in [0.15, 0.2) is 11.5 Å². The maximum Gasteiger partial charge on any atom is 0.244 e. The maximum absolute atomic E-state index is 15.2. The lowest BCUT2D eigenvalue weighted by Gasteiger charge is -2.33. The maximum atomic E-state index is 15.2. The van der Waals surface area contributed by atoms with Crippen molar-refractivity contribution in [2.24, 2.45) is 10.8 Å². The minimum Gasteiger partial charge on any atom is -0.493 e. The van der Waals surface area contributed by atoms with E-state index >= 15 is 4.39 Å². The average Bonchev–Trinajstić information content (AvgIpc) is 3.69. The lowest BCUT2D eigenvalue weighted by Crippen LogP contribution is -2.38. The highest BCUT2D eigenvalue weighted by Gasteiger charge is 2.54. The number of rotatable bonds is 10. The molecule has 0 spiro atoms. The first-order chi connectivity index (χ1) is 22.1. The van der Waals surface area contributed by atoms with Crippen molar-refractivity contribution in [3.63, 3.8) is 0 Å². The Balaban J connectivity index is 1.56. The van der Waals surface area contributed by atoms with E-state index in [0.29, 0.717) is 71.2 Å². The Morgan fingerprint density at radius 3 is 2.00 bits per heavy atom. The molecule has 47 heavy (non-hydrogen) atoms. The van der Waals surface area contributed by atoms with Crippen LogP contribution < -0.4 is 29.0 Å². The second-order valence-electron chi connectivity index (χ2n) is 15.1. The van der Waals surface area contributed by atoms with Gasteiger partial charge in [-0.25, -0.2) is 4.39 Å². The van der Waals surface area contributed by atoms with E-state index in [4.69, 9.17) is 23.7 Å². The Kier molecular flexibility index (Phi) is 8.55. The molecule has 3 aromatic carbocycles. The number of amides is 1. The van der Waals surface area contributed by atoms with E-state index in [9.17, 15) is 15.0 Å². The summed E-state index contributed by atoms with van der Waals surface area (Å²) >= 11 is 0. The number of benzene rings is 3. The lowest BCUT2D eigenvalue weighted by atomic mass is 9.69. The van der Waals surface area contributed by atoms with Gasteiger partial charge in [-0.3, -0.25) is 4.79 Å². The molecule has 3 atom stereocenters. The monoisotopic (exact) mass is 649 g/mol. The molecule has 3 heterocycles. The van der Waals surface area contributed by atoms with Crippen molar-refractivity contribution in [2.75, 3.05) is 31.9 Å². The first kappa shape index (κ1) is 32.9. The summed E-state index contributed by atoms with van der Waals surface area (Å²) < 4.78 is 45.4. The van der Waals surface area contributed by atoms with Crippen LogP contribution in [0.1, 0.15) is 76.6 Å². The van der Waals surface area contributed by atoms with Gasteiger partial charge in [0.05, 0.1) is 18.8 Å². The predicted molar refractivity (Wildman–Crippen MR) is 174 cm³/mol. The van der Waals surface area contributed by atoms with Gasteiger partial charge < -0.3 is 39.2 Å². The fraction of sp³-hybridized carbons (Fsp3) is 0.486. The van der Waals surface area contributed by atoms with Crippen molar-refractivity contribution in [3.05, 3.63) is 70.5 Å². The summed E-state index contributed by atoms with van der Waals surface area (Å²) in [7, 11) is 0. The number of hydrogen-bond donors (Lipinski definition) is 3. The fourth-order valence-electron chi connectivity index (χ4n) is 6.81. The van der Waals surface area contributed by atoms with E-state index < -0.39 is 29.3 Å². The van der Waals surface area contributed by atoms with Gasteiger partial charge in [0.2, 0.25) is 12.7 Å². The van der Waals surface area contributed by atoms with Gasteiger partial charge in [-0.2, -0.15) is 0 Å². The van der Waals surface area contributed by atoms with Crippen molar-refractivity contribution in [1.82, 2.24) is 0 Å². The van der Waals surface area contributed by atoms with E-state index in [1.165, 1.54) is 18.2 Å². The number of anilines is 1. The van der Waals surface area contributed by atoms with E-state index in [-0.39, 0.29) is 36.6 Å². The van der Waals surface area contributed by atoms with Crippen LogP contribution >= 0.6 is 0 Å². The van der Waals surface area contributed by atoms with Gasteiger partial charge >= 0.3 is 0 Å². The first-order valence-corrected chi connectivity index (χ1v) is 16.1. The Hall–Kier alpha value is -4.02. The molecule has 0 saturated heterocycles. The standard InChI is InChI=1S/C37H44FNO8/c1-35(2,3)16-23(40)18-44-30-11-21-9-10-43-29(21)13-26(30)37(25-12-22(38)7-8-28(25)39-34(37)42)27-14-32-33(47-20-46-32)15-31(27)45-19-24(41)17-36(4,5)6/h7-8,11-15,23-24,40-41H,9-10,16-20H2,1-6H3,(H,39,42)/t23-,24-,37?/m1/s1. The SMILES string of the molecule is CC(C)(C)C[C@@H](O)COc1cc2c(cc1C1(c3cc4c(cc3OC[C@H](O)CC(C)(C)C)OCO4)C(=O)Nc3ccc(F)cc31)OCC2. The number of nitrogens with one attached hydrogen (secondary N) is 1. The van der Waals surface area contributed by atoms with Crippen LogP contribution in [0.2, 0.25) is 0 Å². The van der Waals surface area contributed by atoms with Gasteiger partial charge in [0, 0.05) is 40.4 Å². The molecule has 0 aromatic heterocycles. The highest BCUT2D eigenvalue weighted by atomic mass is 19.1. The molecular formula is C37H44FNO8. The normalized spacial score (nSPS) is 19.5. The molecule has 252 valence electrons. The van der Waals surface area contributed by atoms with Crippen molar-refractivity contribution in [2.45, 2.75) is 78.4 Å². The zero-order valence-electron chi connectivity index (χ0n) is 27.9. The van der Waals surface area contributed by atoms with Crippen molar-refractivity contribution in [3.8, 4) is 28.7 Å². The third kappa shape index (κ3) is 6.58. The summed E-state index contributed by atoms with van der Waals surface area (Å²) in [5, 5.41) is 24.8. The Morgan fingerprint density at radius 2 is 1.38 bits per heavy atom. The molecule has 3 N–H and O–H groups in total. The van der Waals surface area contributed by atoms with Crippen molar-refractivity contribution < 1.29 is 43.1 Å². The highest BCUT2D eigenvalue weighted by molar-refractivity contribution is 6.12. The van der Waals surface area contributed by atoms with Gasteiger partial charge in [0.1, 0.15) is 41.7 Å². The molecule has 0 saturated carbocycles. The molecule has 0 radical (unpaired) electrons. The predicted octanol–water partition coefficient (Wildman–Crippen LogP) is 6.13. The van der Waals surface area contributed by atoms with Crippen molar-refractivity contribution in [1.29, 1.82) is 0 Å². The van der Waals surface area contributed by atoms with Crippen LogP contribution in [0.4, 0.5) is 10.1 Å². The van der Waals surface area contributed by atoms with Gasteiger partial charge in [-0.1, -0.05) is 41.5 Å². The minimum atomic E-state index is -1.71. The molecule has 0 fully saturated rings. The lowest BCUT2D eigenvalue weighted by molar-refractivity contribution is -0.118. The number of fused-ring (bicyclic) bond motifs is 3. The van der Waals surface area contributed by atoms with Crippen LogP contribution in [0.25, 0.3) is 0 Å². The molecule has 3 aliphatic rings. The van der Waals surface area contributed by atoms with Gasteiger partial charge in [-0.15, -0.1) is 0 Å². The molecular weight excluding hydrogens is 605 g/mol. The minimum absolute atomic E-state index is 0.0258. The Bertz CT molecular complexity index is 1590. The second-order valence-corrected chi connectivity index (χ2v) is 15.1. The van der Waals surface area contributed by atoms with Crippen LogP contribution in [0.15, 0.2) is 42.5 Å². The molecule has 0 bridgehead atoms. The number of carbonyl (C=O) groups is 1. The molecule has 3 aromatic rings. The van der Waals surface area contributed by atoms with Crippen LogP contribution in [0.3, 0.4) is 0 Å². The number of hydrogen-bond acceptors (Lipinski definition) is 8. The van der Waals surface area contributed by atoms with Crippen molar-refractivity contribution >= 4 is 11.6 Å². The van der Waals surface area contributed by atoms with E-state index in [2.05, 4.69) is 5.32 Å². The molecule has 1 unspecified atom stereocenters. The summed E-state index contributed by atoms with van der Waals surface area (Å²) in [6.45, 7) is 12.5. The number of halogens is 1. The smallest absolute Gasteiger partial charge is 0.244 e. The summed E-state index contributed by atoms with van der Waals surface area (Å²) in [6.07, 6.45) is 0.0314. The van der Waals surface area contributed by atoms with E-state index in [1.54, 1.807) is 18.2 Å². The average molecular weight is 650 g/mol. The topological polar surface area (TPSA) is 116 Å². The van der Waals surface area contributed by atoms with E-state index in [0.717, 1.165) is 5.56 Å². The number of aliphatic hydroxyl groups excluding tert-OH is 2. The summed E-state index contributed by atoms with van der Waals surface area (Å²) in [5.74, 6) is 1.01. The summed E-state index contributed by atoms with van der Waals surface area (Å²) in [6, 6.07) is 11.1. The number of carbonyl (C=O) groups excluding carboxylic acids is 1. The van der Waals surface area contributed by atoms with Crippen LogP contribution in [0, 0.1) is 16.6 Å². The Morgan fingerprint density at radius 1 is 0.809 bits per heavy atom. The molecule has 6 rings (SSSR count). The second kappa shape index (κ2) is 12.2. The zero-order chi connectivity index (χ0) is 33.7. The van der Waals surface area contributed by atoms with Crippen LogP contribution in [-0.4, -0.2) is 54.9 Å². The summed E-state index contributed by atoms with van der Waals surface area (Å²) in [4.78, 5) is 14.7. The van der Waals surface area contributed by atoms with E-state index in [1.807, 2.05) is 47.6 Å². The Labute approximate surface area is 274 Å². The zero-order valence-corrected chi connectivity index (χ0v) is 27.9. The molecule has 10 heteroatoms. The van der Waals surface area contributed by atoms with Gasteiger partial charge in [0.25, 0.3) is 0 Å². The quantitative estimate of drug-likeness (QED) is 0.241. The fourth-order valence-corrected chi connectivity index (χ4v) is 6.81. The number of aliphatic hydroxyl groups is 2. The highest BCUT2D eigenvalue weighted by Crippen LogP contribution is 2.56. The third-order valence-electron chi connectivity index (χ3n) is 8.61.